The van der Waals surface area contributed by atoms with Gasteiger partial charge in [-0.05, 0) is 31.9 Å². The molecule has 1 saturated heterocycles. The van der Waals surface area contributed by atoms with Crippen LogP contribution in [0.5, 0.6) is 0 Å². The van der Waals surface area contributed by atoms with E-state index in [4.69, 9.17) is 11.6 Å². The van der Waals surface area contributed by atoms with Crippen molar-refractivity contribution in [2.45, 2.75) is 26.4 Å². The minimum atomic E-state index is -0.335. The fraction of sp³-hybridized carbons (Fsp3) is 0.300. The number of β-amino-alcohol motifs (C(OH)–C–C–N with tert-alkyl or cyclic N) is 1. The lowest BCUT2D eigenvalue weighted by Crippen LogP contribution is -2.22. The number of halogens is 1. The largest absolute Gasteiger partial charge is 0.391 e. The standard InChI is InChI=1S/C20H21ClN6O2S/c1-11-4-3-5-14(21)18(11)26-19(29)15-9-22-20(30-15)25-16-8-17(24-12(2)23-16)27-7-6-13(28)10-27/h3-5,8-9,13,28H,6-7,10H2,1-2H3,(H,26,29)(H,22,23,24,25). The predicted octanol–water partition coefficient (Wildman–Crippen LogP) is 3.77. The van der Waals surface area contributed by atoms with Crippen LogP contribution < -0.4 is 15.5 Å². The molecule has 3 N–H and O–H groups in total. The van der Waals surface area contributed by atoms with Gasteiger partial charge in [-0.15, -0.1) is 0 Å². The Labute approximate surface area is 183 Å². The molecular formula is C20H21ClN6O2S. The van der Waals surface area contributed by atoms with E-state index < -0.39 is 0 Å². The van der Waals surface area contributed by atoms with Gasteiger partial charge < -0.3 is 20.6 Å². The zero-order valence-corrected chi connectivity index (χ0v) is 18.1. The topological polar surface area (TPSA) is 103 Å². The lowest BCUT2D eigenvalue weighted by molar-refractivity contribution is 0.103. The molecule has 10 heteroatoms. The minimum absolute atomic E-state index is 0.276. The molecule has 1 atom stereocenters. The van der Waals surface area contributed by atoms with Gasteiger partial charge in [-0.25, -0.2) is 15.0 Å². The van der Waals surface area contributed by atoms with Crippen LogP contribution >= 0.6 is 22.9 Å². The van der Waals surface area contributed by atoms with Gasteiger partial charge in [0.05, 0.1) is 23.0 Å². The summed E-state index contributed by atoms with van der Waals surface area (Å²) in [6.45, 7) is 5.00. The number of anilines is 4. The normalized spacial score (nSPS) is 16.0. The van der Waals surface area contributed by atoms with E-state index in [1.807, 2.05) is 36.9 Å². The van der Waals surface area contributed by atoms with Crippen LogP contribution in [0.3, 0.4) is 0 Å². The zero-order chi connectivity index (χ0) is 21.3. The van der Waals surface area contributed by atoms with E-state index in [0.29, 0.717) is 38.9 Å². The van der Waals surface area contributed by atoms with Gasteiger partial charge in [-0.3, -0.25) is 4.79 Å². The Kier molecular flexibility index (Phi) is 5.85. The summed E-state index contributed by atoms with van der Waals surface area (Å²) < 4.78 is 0. The Balaban J connectivity index is 1.48. The van der Waals surface area contributed by atoms with Crippen LogP contribution in [-0.2, 0) is 0 Å². The zero-order valence-electron chi connectivity index (χ0n) is 16.5. The number of aliphatic hydroxyl groups is 1. The second kappa shape index (κ2) is 8.55. The van der Waals surface area contributed by atoms with Gasteiger partial charge in [0.1, 0.15) is 22.3 Å². The van der Waals surface area contributed by atoms with Gasteiger partial charge in [0.15, 0.2) is 5.13 Å². The van der Waals surface area contributed by atoms with Crippen LogP contribution in [0, 0.1) is 13.8 Å². The number of aromatic nitrogens is 3. The number of amides is 1. The molecule has 0 spiro atoms. The van der Waals surface area contributed by atoms with Crippen LogP contribution in [0.1, 0.15) is 27.5 Å². The Bertz CT molecular complexity index is 1070. The van der Waals surface area contributed by atoms with Gasteiger partial charge in [-0.2, -0.15) is 0 Å². The Morgan fingerprint density at radius 1 is 1.33 bits per heavy atom. The number of hydrogen-bond acceptors (Lipinski definition) is 8. The molecule has 1 unspecified atom stereocenters. The van der Waals surface area contributed by atoms with E-state index >= 15 is 0 Å². The number of para-hydroxylation sites is 1. The SMILES string of the molecule is Cc1nc(Nc2ncc(C(=O)Nc3c(C)cccc3Cl)s2)cc(N2CCC(O)C2)n1. The van der Waals surface area contributed by atoms with E-state index in [1.165, 1.54) is 17.5 Å². The number of nitrogens with zero attached hydrogens (tertiary/aromatic N) is 4. The summed E-state index contributed by atoms with van der Waals surface area (Å²) in [5.41, 5.74) is 1.48. The molecule has 30 heavy (non-hydrogen) atoms. The van der Waals surface area contributed by atoms with Crippen LogP contribution in [0.2, 0.25) is 5.02 Å². The second-order valence-electron chi connectivity index (χ2n) is 7.09. The lowest BCUT2D eigenvalue weighted by atomic mass is 10.2. The Morgan fingerprint density at radius 3 is 2.90 bits per heavy atom. The molecule has 1 aliphatic heterocycles. The number of carbonyl (C=O) groups excluding carboxylic acids is 1. The van der Waals surface area contributed by atoms with Crippen molar-refractivity contribution in [2.75, 3.05) is 28.6 Å². The highest BCUT2D eigenvalue weighted by atomic mass is 35.5. The molecule has 3 aromatic rings. The quantitative estimate of drug-likeness (QED) is 0.550. The van der Waals surface area contributed by atoms with Gasteiger partial charge in [0, 0.05) is 19.2 Å². The Hall–Kier alpha value is -2.75. The van der Waals surface area contributed by atoms with Crippen molar-refractivity contribution < 1.29 is 9.90 Å². The number of carbonyl (C=O) groups is 1. The summed E-state index contributed by atoms with van der Waals surface area (Å²) >= 11 is 7.41. The lowest BCUT2D eigenvalue weighted by Gasteiger charge is -2.17. The van der Waals surface area contributed by atoms with E-state index in [1.54, 1.807) is 6.07 Å². The van der Waals surface area contributed by atoms with E-state index in [2.05, 4.69) is 25.6 Å². The molecule has 8 nitrogen and oxygen atoms in total. The average Bonchev–Trinajstić information content (AvgIpc) is 3.33. The minimum Gasteiger partial charge on any atom is -0.391 e. The number of hydrogen-bond donors (Lipinski definition) is 3. The molecule has 3 heterocycles. The molecule has 0 saturated carbocycles. The Morgan fingerprint density at radius 2 is 2.17 bits per heavy atom. The van der Waals surface area contributed by atoms with Crippen LogP contribution in [0.15, 0.2) is 30.5 Å². The predicted molar refractivity (Wildman–Crippen MR) is 119 cm³/mol. The third-order valence-corrected chi connectivity index (χ3v) is 5.96. The molecule has 1 aliphatic rings. The molecule has 0 aliphatic carbocycles. The second-order valence-corrected chi connectivity index (χ2v) is 8.53. The fourth-order valence-corrected chi connectivity index (χ4v) is 4.23. The number of rotatable bonds is 5. The number of aliphatic hydroxyl groups excluding tert-OH is 1. The molecule has 1 fully saturated rings. The van der Waals surface area contributed by atoms with Crippen LogP contribution in [-0.4, -0.2) is 45.2 Å². The highest BCUT2D eigenvalue weighted by Gasteiger charge is 2.22. The van der Waals surface area contributed by atoms with Crippen LogP contribution in [0.25, 0.3) is 0 Å². The molecule has 1 amide bonds. The smallest absolute Gasteiger partial charge is 0.267 e. The van der Waals surface area contributed by atoms with Crippen molar-refractivity contribution in [3.05, 3.63) is 51.7 Å². The summed E-state index contributed by atoms with van der Waals surface area (Å²) in [4.78, 5) is 28.2. The maximum atomic E-state index is 12.6. The van der Waals surface area contributed by atoms with E-state index in [-0.39, 0.29) is 12.0 Å². The molecule has 0 radical (unpaired) electrons. The highest BCUT2D eigenvalue weighted by molar-refractivity contribution is 7.17. The van der Waals surface area contributed by atoms with Crippen molar-refractivity contribution in [3.8, 4) is 0 Å². The van der Waals surface area contributed by atoms with Gasteiger partial charge in [0.2, 0.25) is 0 Å². The summed E-state index contributed by atoms with van der Waals surface area (Å²) in [7, 11) is 0. The van der Waals surface area contributed by atoms with Gasteiger partial charge in [-0.1, -0.05) is 35.1 Å². The molecule has 0 bridgehead atoms. The molecular weight excluding hydrogens is 424 g/mol. The van der Waals surface area contributed by atoms with Crippen molar-refractivity contribution >= 4 is 51.3 Å². The van der Waals surface area contributed by atoms with Gasteiger partial charge >= 0.3 is 0 Å². The molecule has 2 aromatic heterocycles. The third kappa shape index (κ3) is 4.53. The number of thiazole rings is 1. The number of nitrogens with one attached hydrogen (secondary N) is 2. The maximum Gasteiger partial charge on any atom is 0.267 e. The molecule has 4 rings (SSSR count). The summed E-state index contributed by atoms with van der Waals surface area (Å²) in [5.74, 6) is 1.68. The van der Waals surface area contributed by atoms with Crippen molar-refractivity contribution in [3.63, 3.8) is 0 Å². The number of aryl methyl sites for hydroxylation is 2. The van der Waals surface area contributed by atoms with Crippen molar-refractivity contribution in [1.29, 1.82) is 0 Å². The monoisotopic (exact) mass is 444 g/mol. The molecule has 156 valence electrons. The van der Waals surface area contributed by atoms with E-state index in [9.17, 15) is 9.90 Å². The van der Waals surface area contributed by atoms with Crippen LogP contribution in [0.4, 0.5) is 22.5 Å². The summed E-state index contributed by atoms with van der Waals surface area (Å²) in [5, 5.41) is 16.8. The van der Waals surface area contributed by atoms with Gasteiger partial charge in [0.25, 0.3) is 5.91 Å². The first-order valence-corrected chi connectivity index (χ1v) is 10.7. The first-order chi connectivity index (χ1) is 14.4. The fourth-order valence-electron chi connectivity index (χ4n) is 3.24. The highest BCUT2D eigenvalue weighted by Crippen LogP contribution is 2.28. The number of benzene rings is 1. The maximum absolute atomic E-state index is 12.6. The van der Waals surface area contributed by atoms with E-state index in [0.717, 1.165) is 24.3 Å². The average molecular weight is 445 g/mol. The first kappa shape index (κ1) is 20.5. The molecule has 1 aromatic carbocycles. The first-order valence-electron chi connectivity index (χ1n) is 9.47. The van der Waals surface area contributed by atoms with Crippen molar-refractivity contribution in [2.24, 2.45) is 0 Å². The summed E-state index contributed by atoms with van der Waals surface area (Å²) in [6, 6.07) is 7.27. The van der Waals surface area contributed by atoms with Crippen molar-refractivity contribution in [1.82, 2.24) is 15.0 Å². The summed E-state index contributed by atoms with van der Waals surface area (Å²) in [6.07, 6.45) is 1.90. The third-order valence-electron chi connectivity index (χ3n) is 4.74.